The van der Waals surface area contributed by atoms with Crippen LogP contribution in [0.25, 0.3) is 0 Å². The lowest BCUT2D eigenvalue weighted by atomic mass is 9.84. The number of benzene rings is 1. The first-order valence-electron chi connectivity index (χ1n) is 9.40. The molecule has 27 heavy (non-hydrogen) atoms. The van der Waals surface area contributed by atoms with Gasteiger partial charge in [0, 0.05) is 5.56 Å². The van der Waals surface area contributed by atoms with Crippen molar-refractivity contribution in [2.75, 3.05) is 20.8 Å². The number of Topliss-reactive ketones (excluding diaryl/α,β-unsaturated/α-hetero) is 1. The Balaban J connectivity index is 1.76. The van der Waals surface area contributed by atoms with Crippen LogP contribution in [0, 0.1) is 0 Å². The van der Waals surface area contributed by atoms with Crippen molar-refractivity contribution in [3.8, 4) is 11.5 Å². The zero-order valence-electron chi connectivity index (χ0n) is 15.9. The van der Waals surface area contributed by atoms with Gasteiger partial charge in [-0.05, 0) is 31.0 Å². The maximum atomic E-state index is 13.0. The van der Waals surface area contributed by atoms with E-state index in [1.165, 1.54) is 20.6 Å². The summed E-state index contributed by atoms with van der Waals surface area (Å²) in [7, 11) is 3.00. The number of urea groups is 1. The molecule has 7 nitrogen and oxygen atoms in total. The minimum absolute atomic E-state index is 0.275. The van der Waals surface area contributed by atoms with Crippen molar-refractivity contribution in [2.24, 2.45) is 0 Å². The Morgan fingerprint density at radius 1 is 1.04 bits per heavy atom. The Kier molecular flexibility index (Phi) is 5.68. The molecule has 3 amide bonds. The average molecular weight is 374 g/mol. The number of carbonyl (C=O) groups is 3. The summed E-state index contributed by atoms with van der Waals surface area (Å²) >= 11 is 0. The van der Waals surface area contributed by atoms with Gasteiger partial charge in [0.25, 0.3) is 5.91 Å². The monoisotopic (exact) mass is 374 g/mol. The summed E-state index contributed by atoms with van der Waals surface area (Å²) in [6.45, 7) is -0.276. The van der Waals surface area contributed by atoms with Crippen LogP contribution in [0.5, 0.6) is 11.5 Å². The number of nitrogens with zero attached hydrogens (tertiary/aromatic N) is 1. The van der Waals surface area contributed by atoms with Gasteiger partial charge >= 0.3 is 6.03 Å². The topological polar surface area (TPSA) is 84.9 Å². The fraction of sp³-hybridized carbons (Fsp3) is 0.550. The quantitative estimate of drug-likeness (QED) is 0.633. The molecule has 1 aromatic rings. The van der Waals surface area contributed by atoms with E-state index in [1.807, 2.05) is 0 Å². The lowest BCUT2D eigenvalue weighted by molar-refractivity contribution is -0.131. The van der Waals surface area contributed by atoms with E-state index in [0.717, 1.165) is 30.6 Å². The standard InChI is InChI=1S/C20H26N2O5/c1-26-16-9-8-14(12-17(16)27-2)15(23)13-22-18(24)20(21-19(22)25)10-6-4-3-5-7-11-20/h8-9,12H,3-7,10-11,13H2,1-2H3,(H,21,25). The molecule has 0 aromatic heterocycles. The zero-order chi connectivity index (χ0) is 19.4. The number of nitrogens with one attached hydrogen (secondary N) is 1. The van der Waals surface area contributed by atoms with Gasteiger partial charge < -0.3 is 14.8 Å². The van der Waals surface area contributed by atoms with Crippen LogP contribution >= 0.6 is 0 Å². The molecule has 146 valence electrons. The third kappa shape index (κ3) is 3.77. The number of carbonyl (C=O) groups excluding carboxylic acids is 3. The lowest BCUT2D eigenvalue weighted by Gasteiger charge is -2.28. The summed E-state index contributed by atoms with van der Waals surface area (Å²) in [5, 5.41) is 2.88. The van der Waals surface area contributed by atoms with E-state index >= 15 is 0 Å². The van der Waals surface area contributed by atoms with E-state index in [0.29, 0.717) is 29.9 Å². The molecule has 3 rings (SSSR count). The number of ether oxygens (including phenoxy) is 2. The molecular formula is C20H26N2O5. The molecule has 1 aromatic carbocycles. The maximum absolute atomic E-state index is 13.0. The van der Waals surface area contributed by atoms with Gasteiger partial charge in [0.15, 0.2) is 17.3 Å². The summed E-state index contributed by atoms with van der Waals surface area (Å²) in [6, 6.07) is 4.32. The molecule has 1 N–H and O–H groups in total. The fourth-order valence-corrected chi connectivity index (χ4v) is 3.91. The van der Waals surface area contributed by atoms with Crippen molar-refractivity contribution >= 4 is 17.7 Å². The third-order valence-electron chi connectivity index (χ3n) is 5.46. The van der Waals surface area contributed by atoms with Gasteiger partial charge in [-0.15, -0.1) is 0 Å². The van der Waals surface area contributed by atoms with Gasteiger partial charge in [0.1, 0.15) is 5.54 Å². The molecule has 2 fully saturated rings. The van der Waals surface area contributed by atoms with Crippen molar-refractivity contribution in [3.63, 3.8) is 0 Å². The summed E-state index contributed by atoms with van der Waals surface area (Å²) in [6.07, 6.45) is 6.38. The highest BCUT2D eigenvalue weighted by Gasteiger charge is 2.50. The molecule has 1 saturated heterocycles. The van der Waals surface area contributed by atoms with Crippen LogP contribution in [0.1, 0.15) is 55.3 Å². The summed E-state index contributed by atoms with van der Waals surface area (Å²) in [4.78, 5) is 39.2. The lowest BCUT2D eigenvalue weighted by Crippen LogP contribution is -2.47. The van der Waals surface area contributed by atoms with Gasteiger partial charge in [-0.25, -0.2) is 4.79 Å². The highest BCUT2D eigenvalue weighted by molar-refractivity contribution is 6.11. The van der Waals surface area contributed by atoms with E-state index in [1.54, 1.807) is 18.2 Å². The number of amides is 3. The smallest absolute Gasteiger partial charge is 0.325 e. The van der Waals surface area contributed by atoms with Gasteiger partial charge in [0.2, 0.25) is 0 Å². The third-order valence-corrected chi connectivity index (χ3v) is 5.46. The molecule has 7 heteroatoms. The Bertz CT molecular complexity index is 738. The van der Waals surface area contributed by atoms with Crippen LogP contribution in [0.2, 0.25) is 0 Å². The first kappa shape index (κ1) is 19.2. The number of ketones is 1. The van der Waals surface area contributed by atoms with E-state index in [9.17, 15) is 14.4 Å². The fourth-order valence-electron chi connectivity index (χ4n) is 3.91. The molecule has 2 aliphatic rings. The SMILES string of the molecule is COc1ccc(C(=O)CN2C(=O)NC3(CCCCCCC3)C2=O)cc1OC. The van der Waals surface area contributed by atoms with Gasteiger partial charge in [-0.1, -0.05) is 32.1 Å². The van der Waals surface area contributed by atoms with E-state index in [4.69, 9.17) is 9.47 Å². The minimum atomic E-state index is -0.838. The van der Waals surface area contributed by atoms with Crippen LogP contribution in [-0.4, -0.2) is 48.9 Å². The molecule has 0 unspecified atom stereocenters. The minimum Gasteiger partial charge on any atom is -0.493 e. The zero-order valence-corrected chi connectivity index (χ0v) is 15.9. The molecule has 1 aliphatic carbocycles. The second kappa shape index (κ2) is 7.98. The van der Waals surface area contributed by atoms with E-state index in [2.05, 4.69) is 5.32 Å². The molecule has 1 aliphatic heterocycles. The number of imide groups is 1. The average Bonchev–Trinajstić information content (AvgIpc) is 2.89. The molecule has 0 radical (unpaired) electrons. The Morgan fingerprint density at radius 2 is 1.67 bits per heavy atom. The first-order valence-corrected chi connectivity index (χ1v) is 9.40. The van der Waals surface area contributed by atoms with Crippen molar-refractivity contribution in [1.29, 1.82) is 0 Å². The van der Waals surface area contributed by atoms with Crippen molar-refractivity contribution < 1.29 is 23.9 Å². The second-order valence-electron chi connectivity index (χ2n) is 7.16. The summed E-state index contributed by atoms with van der Waals surface area (Å²) in [5.74, 6) is 0.347. The summed E-state index contributed by atoms with van der Waals surface area (Å²) in [5.41, 5.74) is -0.470. The number of methoxy groups -OCH3 is 2. The molecular weight excluding hydrogens is 348 g/mol. The van der Waals surface area contributed by atoms with Crippen molar-refractivity contribution in [2.45, 2.75) is 50.5 Å². The van der Waals surface area contributed by atoms with Crippen LogP contribution in [0.3, 0.4) is 0 Å². The van der Waals surface area contributed by atoms with Crippen molar-refractivity contribution in [3.05, 3.63) is 23.8 Å². The molecule has 1 spiro atoms. The largest absolute Gasteiger partial charge is 0.493 e. The highest BCUT2D eigenvalue weighted by Crippen LogP contribution is 2.32. The van der Waals surface area contributed by atoms with Crippen LogP contribution < -0.4 is 14.8 Å². The Hall–Kier alpha value is -2.57. The van der Waals surface area contributed by atoms with Gasteiger partial charge in [-0.3, -0.25) is 14.5 Å². The number of hydrogen-bond donors (Lipinski definition) is 1. The number of hydrogen-bond acceptors (Lipinski definition) is 5. The predicted octanol–water partition coefficient (Wildman–Crippen LogP) is 2.92. The Labute approximate surface area is 159 Å². The Morgan fingerprint density at radius 3 is 2.30 bits per heavy atom. The van der Waals surface area contributed by atoms with Crippen LogP contribution in [0.4, 0.5) is 4.79 Å². The normalized spacial score (nSPS) is 19.4. The molecule has 1 heterocycles. The highest BCUT2D eigenvalue weighted by atomic mass is 16.5. The van der Waals surface area contributed by atoms with Gasteiger partial charge in [-0.2, -0.15) is 0 Å². The van der Waals surface area contributed by atoms with E-state index in [-0.39, 0.29) is 18.2 Å². The van der Waals surface area contributed by atoms with Crippen LogP contribution in [-0.2, 0) is 4.79 Å². The molecule has 0 bridgehead atoms. The first-order chi connectivity index (χ1) is 13.0. The second-order valence-corrected chi connectivity index (χ2v) is 7.16. The number of rotatable bonds is 5. The predicted molar refractivity (Wildman–Crippen MR) is 99.2 cm³/mol. The maximum Gasteiger partial charge on any atom is 0.325 e. The van der Waals surface area contributed by atoms with Crippen molar-refractivity contribution in [1.82, 2.24) is 10.2 Å². The summed E-state index contributed by atoms with van der Waals surface area (Å²) < 4.78 is 10.4. The molecule has 1 saturated carbocycles. The van der Waals surface area contributed by atoms with Crippen LogP contribution in [0.15, 0.2) is 18.2 Å². The van der Waals surface area contributed by atoms with E-state index < -0.39 is 11.6 Å². The molecule has 0 atom stereocenters. The van der Waals surface area contributed by atoms with Gasteiger partial charge in [0.05, 0.1) is 20.8 Å².